The van der Waals surface area contributed by atoms with E-state index in [4.69, 9.17) is 26.6 Å². The fourth-order valence-electron chi connectivity index (χ4n) is 2.06. The first-order chi connectivity index (χ1) is 13.4. The van der Waals surface area contributed by atoms with Crippen LogP contribution in [-0.2, 0) is 14.3 Å². The zero-order chi connectivity index (χ0) is 20.5. The molecule has 2 aromatic carbocycles. The number of hydrogen-bond acceptors (Lipinski definition) is 10. The van der Waals surface area contributed by atoms with Crippen molar-refractivity contribution in [2.24, 2.45) is 11.7 Å². The monoisotopic (exact) mass is 457 g/mol. The average Bonchev–Trinajstić information content (AvgIpc) is 2.72. The van der Waals surface area contributed by atoms with Gasteiger partial charge in [-0.25, -0.2) is 9.59 Å². The molecule has 0 amide bonds. The van der Waals surface area contributed by atoms with Crippen molar-refractivity contribution >= 4 is 60.0 Å². The van der Waals surface area contributed by atoms with E-state index >= 15 is 0 Å². The van der Waals surface area contributed by atoms with Crippen molar-refractivity contribution in [2.75, 3.05) is 10.9 Å². The summed E-state index contributed by atoms with van der Waals surface area (Å²) in [6.45, 7) is 0. The van der Waals surface area contributed by atoms with Crippen molar-refractivity contribution in [3.05, 3.63) is 59.7 Å². The molecule has 0 radical (unpaired) electrons. The Morgan fingerprint density at radius 1 is 0.733 bits per heavy atom. The molecule has 2 rings (SSSR count). The van der Waals surface area contributed by atoms with Crippen molar-refractivity contribution < 1.29 is 23.9 Å². The molecule has 0 aliphatic carbocycles. The molecular formula is C18H21Cl2N5O5. The van der Waals surface area contributed by atoms with E-state index in [1.165, 1.54) is 24.3 Å². The number of esters is 3. The Bertz CT molecular complexity index is 802. The van der Waals surface area contributed by atoms with Crippen LogP contribution in [0.4, 0.5) is 11.4 Å². The van der Waals surface area contributed by atoms with Gasteiger partial charge in [0.2, 0.25) is 0 Å². The first-order valence-electron chi connectivity index (χ1n) is 8.11. The third kappa shape index (κ3) is 8.05. The number of nitrogens with two attached hydrogens (primary N) is 2. The fourth-order valence-corrected chi connectivity index (χ4v) is 2.06. The van der Waals surface area contributed by atoms with Crippen molar-refractivity contribution in [2.45, 2.75) is 12.8 Å². The average molecular weight is 458 g/mol. The lowest BCUT2D eigenvalue weighted by Gasteiger charge is -2.07. The normalized spacial score (nSPS) is 9.27. The maximum absolute atomic E-state index is 11.9. The maximum atomic E-state index is 11.9. The third-order valence-corrected chi connectivity index (χ3v) is 3.55. The molecule has 0 aliphatic heterocycles. The number of carbonyl (C=O) groups is 3. The maximum Gasteiger partial charge on any atom is 0.345 e. The Morgan fingerprint density at radius 2 is 1.13 bits per heavy atom. The van der Waals surface area contributed by atoms with Gasteiger partial charge in [-0.15, -0.1) is 24.8 Å². The highest BCUT2D eigenvalue weighted by atomic mass is 35.5. The topological polar surface area (TPSA) is 170 Å². The van der Waals surface area contributed by atoms with Crippen molar-refractivity contribution in [3.8, 4) is 0 Å². The van der Waals surface area contributed by atoms with Crippen LogP contribution in [0.1, 0.15) is 33.6 Å². The van der Waals surface area contributed by atoms with Crippen molar-refractivity contribution in [3.63, 3.8) is 0 Å². The lowest BCUT2D eigenvalue weighted by molar-refractivity contribution is -0.137. The number of hydrogen-bond donors (Lipinski definition) is 5. The second-order valence-corrected chi connectivity index (χ2v) is 5.52. The number of rotatable bonds is 7. The number of carbonyl (C=O) groups excluding carboxylic acids is 3. The van der Waals surface area contributed by atoms with E-state index in [2.05, 4.69) is 10.9 Å². The predicted molar refractivity (Wildman–Crippen MR) is 116 cm³/mol. The summed E-state index contributed by atoms with van der Waals surface area (Å²) in [6, 6.07) is 12.1. The van der Waals surface area contributed by atoms with Gasteiger partial charge in [-0.1, -0.05) is 0 Å². The Kier molecular flexibility index (Phi) is 11.7. The molecule has 0 fully saturated rings. The minimum atomic E-state index is -0.842. The highest BCUT2D eigenvalue weighted by Crippen LogP contribution is 2.11. The molecule has 0 heterocycles. The molecule has 2 aromatic rings. The Balaban J connectivity index is 0.00000420. The summed E-state index contributed by atoms with van der Waals surface area (Å²) >= 11 is 0. The largest absolute Gasteiger partial charge is 0.409 e. The fraction of sp³-hybridized carbons (Fsp3) is 0.111. The van der Waals surface area contributed by atoms with E-state index in [0.29, 0.717) is 11.4 Å². The van der Waals surface area contributed by atoms with Gasteiger partial charge in [-0.3, -0.25) is 21.9 Å². The van der Waals surface area contributed by atoms with E-state index in [1.807, 2.05) is 0 Å². The molecule has 162 valence electrons. The van der Waals surface area contributed by atoms with Gasteiger partial charge in [-0.2, -0.15) is 0 Å². The van der Waals surface area contributed by atoms with Crippen LogP contribution in [0.3, 0.4) is 0 Å². The molecule has 0 aromatic heterocycles. The zero-order valence-corrected chi connectivity index (χ0v) is 17.2. The predicted octanol–water partition coefficient (Wildman–Crippen LogP) is 2.40. The summed E-state index contributed by atoms with van der Waals surface area (Å²) < 4.78 is 9.55. The van der Waals surface area contributed by atoms with Crippen LogP contribution in [0.2, 0.25) is 0 Å². The summed E-state index contributed by atoms with van der Waals surface area (Å²) in [6.07, 6.45) is -0.493. The number of halogens is 2. The minimum Gasteiger partial charge on any atom is -0.409 e. The van der Waals surface area contributed by atoms with Gasteiger partial charge in [0.25, 0.3) is 0 Å². The summed E-state index contributed by atoms with van der Waals surface area (Å²) in [7, 11) is 0. The van der Waals surface area contributed by atoms with Crippen molar-refractivity contribution in [1.29, 1.82) is 5.41 Å². The van der Waals surface area contributed by atoms with Crippen LogP contribution in [0.25, 0.3) is 0 Å². The molecule has 0 saturated heterocycles. The number of nitrogen functional groups attached to an aromatic ring is 2. The minimum absolute atomic E-state index is 0. The molecule has 12 heteroatoms. The van der Waals surface area contributed by atoms with Gasteiger partial charge in [0.1, 0.15) is 0 Å². The molecule has 0 spiro atoms. The van der Waals surface area contributed by atoms with Crippen LogP contribution < -0.4 is 22.5 Å². The lowest BCUT2D eigenvalue weighted by atomic mass is 10.2. The van der Waals surface area contributed by atoms with Crippen LogP contribution in [0.15, 0.2) is 48.5 Å². The highest BCUT2D eigenvalue weighted by Gasteiger charge is 2.16. The number of hydrazine groups is 2. The standard InChI is InChI=1S/C18H19N5O5.2ClH/c19-15(27-17(25)11-1-5-13(22-20)6-2-11)9-10-16(24)28-18(26)12-3-7-14(23-21)8-4-12;;/h1-8,19,22-23H,9-10,20-21H2;2*1H. The van der Waals surface area contributed by atoms with Crippen LogP contribution in [-0.4, -0.2) is 23.8 Å². The SMILES string of the molecule is Cl.Cl.N=C(CCC(=O)OC(=O)c1ccc(NN)cc1)OC(=O)c1ccc(NN)cc1. The van der Waals surface area contributed by atoms with Gasteiger partial charge in [-0.05, 0) is 48.5 Å². The van der Waals surface area contributed by atoms with Gasteiger partial charge >= 0.3 is 17.9 Å². The van der Waals surface area contributed by atoms with E-state index in [-0.39, 0.29) is 48.8 Å². The Hall–Kier alpha value is -3.18. The molecule has 0 atom stereocenters. The number of benzene rings is 2. The number of ether oxygens (including phenoxy) is 2. The molecule has 10 nitrogen and oxygen atoms in total. The molecule has 0 bridgehead atoms. The molecule has 30 heavy (non-hydrogen) atoms. The van der Waals surface area contributed by atoms with E-state index in [9.17, 15) is 14.4 Å². The first kappa shape index (κ1) is 26.8. The van der Waals surface area contributed by atoms with Crippen LogP contribution in [0.5, 0.6) is 0 Å². The summed E-state index contributed by atoms with van der Waals surface area (Å²) in [4.78, 5) is 35.5. The van der Waals surface area contributed by atoms with Crippen LogP contribution >= 0.6 is 24.8 Å². The second-order valence-electron chi connectivity index (χ2n) is 5.52. The van der Waals surface area contributed by atoms with Gasteiger partial charge < -0.3 is 20.3 Å². The molecule has 0 unspecified atom stereocenters. The first-order valence-corrected chi connectivity index (χ1v) is 8.11. The highest BCUT2D eigenvalue weighted by molar-refractivity contribution is 6.00. The van der Waals surface area contributed by atoms with Crippen LogP contribution in [0, 0.1) is 5.41 Å². The van der Waals surface area contributed by atoms with Crippen molar-refractivity contribution in [1.82, 2.24) is 0 Å². The van der Waals surface area contributed by atoms with Gasteiger partial charge in [0.15, 0.2) is 5.90 Å². The zero-order valence-electron chi connectivity index (χ0n) is 15.5. The number of anilines is 2. The molecule has 0 aliphatic rings. The van der Waals surface area contributed by atoms with Gasteiger partial charge in [0, 0.05) is 17.8 Å². The summed E-state index contributed by atoms with van der Waals surface area (Å²) in [5, 5.41) is 7.64. The molecular weight excluding hydrogens is 437 g/mol. The molecule has 7 N–H and O–H groups in total. The lowest BCUT2D eigenvalue weighted by Crippen LogP contribution is -2.16. The second kappa shape index (κ2) is 13.1. The van der Waals surface area contributed by atoms with E-state index in [0.717, 1.165) is 0 Å². The quantitative estimate of drug-likeness (QED) is 0.104. The third-order valence-electron chi connectivity index (χ3n) is 3.55. The summed E-state index contributed by atoms with van der Waals surface area (Å²) in [5.74, 6) is 7.62. The van der Waals surface area contributed by atoms with E-state index < -0.39 is 23.8 Å². The van der Waals surface area contributed by atoms with Gasteiger partial charge in [0.05, 0.1) is 17.5 Å². The summed E-state index contributed by atoms with van der Waals surface area (Å²) in [5.41, 5.74) is 6.41. The Labute approximate surface area is 184 Å². The molecule has 0 saturated carbocycles. The smallest absolute Gasteiger partial charge is 0.345 e. The van der Waals surface area contributed by atoms with E-state index in [1.54, 1.807) is 24.3 Å². The Morgan fingerprint density at radius 3 is 1.53 bits per heavy atom. The number of nitrogens with one attached hydrogen (secondary N) is 3.